The maximum absolute atomic E-state index is 3.49. The second kappa shape index (κ2) is 2.27. The van der Waals surface area contributed by atoms with E-state index >= 15 is 0 Å². The zero-order valence-electron chi connectivity index (χ0n) is 6.41. The zero-order chi connectivity index (χ0) is 6.97. The second-order valence-corrected chi connectivity index (χ2v) is 3.17. The normalized spacial score (nSPS) is 31.9. The fraction of sp³-hybridized carbons (Fsp3) is 0.750. The van der Waals surface area contributed by atoms with E-state index in [0.717, 1.165) is 13.1 Å². The number of hydrogen-bond donors (Lipinski definition) is 2. The van der Waals surface area contributed by atoms with Crippen LogP contribution in [0.15, 0.2) is 11.3 Å². The van der Waals surface area contributed by atoms with Crippen LogP contribution in [0.1, 0.15) is 19.8 Å². The Bertz CT molecular complexity index is 172. The Morgan fingerprint density at radius 3 is 3.10 bits per heavy atom. The van der Waals surface area contributed by atoms with Gasteiger partial charge in [0.2, 0.25) is 0 Å². The van der Waals surface area contributed by atoms with Crippen molar-refractivity contribution in [3.63, 3.8) is 0 Å². The van der Waals surface area contributed by atoms with Gasteiger partial charge in [-0.3, -0.25) is 0 Å². The number of rotatable bonds is 0. The van der Waals surface area contributed by atoms with Gasteiger partial charge < -0.3 is 10.6 Å². The van der Waals surface area contributed by atoms with Gasteiger partial charge in [-0.2, -0.15) is 0 Å². The highest BCUT2D eigenvalue weighted by Crippen LogP contribution is 2.24. The monoisotopic (exact) mass is 138 g/mol. The van der Waals surface area contributed by atoms with Crippen molar-refractivity contribution in [3.05, 3.63) is 11.3 Å². The summed E-state index contributed by atoms with van der Waals surface area (Å²) in [6, 6.07) is 0.661. The van der Waals surface area contributed by atoms with E-state index in [1.165, 1.54) is 18.5 Å². The van der Waals surface area contributed by atoms with Crippen molar-refractivity contribution in [1.29, 1.82) is 0 Å². The third kappa shape index (κ3) is 0.833. The van der Waals surface area contributed by atoms with E-state index in [-0.39, 0.29) is 0 Å². The molecule has 0 spiro atoms. The van der Waals surface area contributed by atoms with Gasteiger partial charge >= 0.3 is 0 Å². The molecule has 0 radical (unpaired) electrons. The molecule has 1 unspecified atom stereocenters. The number of nitrogens with one attached hydrogen (secondary N) is 2. The Balaban J connectivity index is 2.18. The summed E-state index contributed by atoms with van der Waals surface area (Å²) in [5.74, 6) is 0. The highest BCUT2D eigenvalue weighted by Gasteiger charge is 2.24. The summed E-state index contributed by atoms with van der Waals surface area (Å²) < 4.78 is 0. The Morgan fingerprint density at radius 1 is 1.40 bits per heavy atom. The summed E-state index contributed by atoms with van der Waals surface area (Å²) in [7, 11) is 0. The van der Waals surface area contributed by atoms with Crippen LogP contribution in [0.3, 0.4) is 0 Å². The predicted octanol–water partition coefficient (Wildman–Crippen LogP) is 0.616. The molecule has 1 heterocycles. The number of hydrogen-bond acceptors (Lipinski definition) is 2. The molecule has 0 aromatic heterocycles. The van der Waals surface area contributed by atoms with E-state index < -0.39 is 0 Å². The number of fused-ring (bicyclic) bond motifs is 1. The molecule has 2 N–H and O–H groups in total. The maximum Gasteiger partial charge on any atom is 0.0472 e. The van der Waals surface area contributed by atoms with Crippen molar-refractivity contribution in [2.24, 2.45) is 0 Å². The Hall–Kier alpha value is -0.500. The summed E-state index contributed by atoms with van der Waals surface area (Å²) >= 11 is 0. The average Bonchev–Trinajstić information content (AvgIpc) is 2.34. The first-order chi connectivity index (χ1) is 4.88. The van der Waals surface area contributed by atoms with E-state index in [0.29, 0.717) is 6.04 Å². The summed E-state index contributed by atoms with van der Waals surface area (Å²) in [5.41, 5.74) is 3.03. The molecule has 10 heavy (non-hydrogen) atoms. The van der Waals surface area contributed by atoms with Gasteiger partial charge in [-0.25, -0.2) is 0 Å². The molecular formula is C8H14N2. The molecule has 2 heteroatoms. The molecule has 0 saturated carbocycles. The van der Waals surface area contributed by atoms with E-state index in [9.17, 15) is 0 Å². The molecule has 56 valence electrons. The van der Waals surface area contributed by atoms with Gasteiger partial charge in [0.25, 0.3) is 0 Å². The maximum atomic E-state index is 3.49. The lowest BCUT2D eigenvalue weighted by molar-refractivity contribution is 0.484. The van der Waals surface area contributed by atoms with Crippen LogP contribution in [0, 0.1) is 0 Å². The van der Waals surface area contributed by atoms with Gasteiger partial charge in [0, 0.05) is 24.8 Å². The largest absolute Gasteiger partial charge is 0.386 e. The lowest BCUT2D eigenvalue weighted by Crippen LogP contribution is -2.44. The van der Waals surface area contributed by atoms with Crippen LogP contribution in [0.5, 0.6) is 0 Å². The van der Waals surface area contributed by atoms with Gasteiger partial charge in [-0.1, -0.05) is 5.57 Å². The first-order valence-corrected chi connectivity index (χ1v) is 4.05. The Labute approximate surface area is 61.7 Å². The van der Waals surface area contributed by atoms with Crippen LogP contribution in [0.4, 0.5) is 0 Å². The minimum absolute atomic E-state index is 0.661. The molecule has 2 aliphatic rings. The lowest BCUT2D eigenvalue weighted by atomic mass is 10.2. The smallest absolute Gasteiger partial charge is 0.0472 e. The third-order valence-corrected chi connectivity index (χ3v) is 2.45. The summed E-state index contributed by atoms with van der Waals surface area (Å²) in [6.45, 7) is 4.46. The standard InChI is InChI=1S/C8H14N2/c1-6-2-3-7-8(6)10-5-4-9-7/h7,9-10H,2-5H2,1H3. The molecule has 0 amide bonds. The molecule has 1 fully saturated rings. The number of piperazine rings is 1. The fourth-order valence-corrected chi connectivity index (χ4v) is 1.86. The topological polar surface area (TPSA) is 24.1 Å². The summed E-state index contributed by atoms with van der Waals surface area (Å²) in [4.78, 5) is 0. The molecule has 0 aromatic rings. The third-order valence-electron chi connectivity index (χ3n) is 2.45. The molecule has 2 nitrogen and oxygen atoms in total. The molecule has 1 aliphatic heterocycles. The van der Waals surface area contributed by atoms with Crippen molar-refractivity contribution < 1.29 is 0 Å². The van der Waals surface area contributed by atoms with Crippen LogP contribution < -0.4 is 10.6 Å². The van der Waals surface area contributed by atoms with E-state index in [1.807, 2.05) is 0 Å². The van der Waals surface area contributed by atoms with Gasteiger partial charge in [0.05, 0.1) is 0 Å². The van der Waals surface area contributed by atoms with E-state index in [2.05, 4.69) is 17.6 Å². The van der Waals surface area contributed by atoms with Crippen molar-refractivity contribution in [2.75, 3.05) is 13.1 Å². The van der Waals surface area contributed by atoms with Gasteiger partial charge in [-0.05, 0) is 19.8 Å². The molecule has 0 bridgehead atoms. The van der Waals surface area contributed by atoms with E-state index in [4.69, 9.17) is 0 Å². The first-order valence-electron chi connectivity index (χ1n) is 4.05. The van der Waals surface area contributed by atoms with Crippen molar-refractivity contribution in [3.8, 4) is 0 Å². The van der Waals surface area contributed by atoms with Gasteiger partial charge in [0.15, 0.2) is 0 Å². The highest BCUT2D eigenvalue weighted by molar-refractivity contribution is 5.24. The quantitative estimate of drug-likeness (QED) is 0.512. The van der Waals surface area contributed by atoms with Crippen molar-refractivity contribution in [1.82, 2.24) is 10.6 Å². The fourth-order valence-electron chi connectivity index (χ4n) is 1.86. The summed E-state index contributed by atoms with van der Waals surface area (Å²) in [5, 5.41) is 6.94. The SMILES string of the molecule is CC1=C2NCCNC2CC1. The molecule has 1 saturated heterocycles. The zero-order valence-corrected chi connectivity index (χ0v) is 6.41. The van der Waals surface area contributed by atoms with Crippen LogP contribution in [0.2, 0.25) is 0 Å². The van der Waals surface area contributed by atoms with Gasteiger partial charge in [-0.15, -0.1) is 0 Å². The van der Waals surface area contributed by atoms with Crippen LogP contribution >= 0.6 is 0 Å². The van der Waals surface area contributed by atoms with Crippen LogP contribution in [0.25, 0.3) is 0 Å². The minimum atomic E-state index is 0.661. The van der Waals surface area contributed by atoms with Crippen molar-refractivity contribution in [2.45, 2.75) is 25.8 Å². The predicted molar refractivity (Wildman–Crippen MR) is 41.7 cm³/mol. The molecular weight excluding hydrogens is 124 g/mol. The molecule has 2 rings (SSSR count). The van der Waals surface area contributed by atoms with E-state index in [1.54, 1.807) is 5.57 Å². The Morgan fingerprint density at radius 2 is 2.30 bits per heavy atom. The second-order valence-electron chi connectivity index (χ2n) is 3.17. The summed E-state index contributed by atoms with van der Waals surface area (Å²) in [6.07, 6.45) is 2.58. The van der Waals surface area contributed by atoms with Crippen LogP contribution in [-0.4, -0.2) is 19.1 Å². The lowest BCUT2D eigenvalue weighted by Gasteiger charge is -2.24. The number of allylic oxidation sites excluding steroid dienone is 1. The van der Waals surface area contributed by atoms with Crippen LogP contribution in [-0.2, 0) is 0 Å². The van der Waals surface area contributed by atoms with Crippen molar-refractivity contribution >= 4 is 0 Å². The highest BCUT2D eigenvalue weighted by atomic mass is 15.1. The van der Waals surface area contributed by atoms with Gasteiger partial charge in [0.1, 0.15) is 0 Å². The minimum Gasteiger partial charge on any atom is -0.386 e. The Kier molecular flexibility index (Phi) is 1.42. The molecule has 1 aliphatic carbocycles. The molecule has 0 aromatic carbocycles. The first kappa shape index (κ1) is 6.23. The molecule has 1 atom stereocenters. The average molecular weight is 138 g/mol.